The predicted octanol–water partition coefficient (Wildman–Crippen LogP) is 2.05. The monoisotopic (exact) mass is 273 g/mol. The minimum Gasteiger partial charge on any atom is -0.425 e. The molecule has 5 nitrogen and oxygen atoms in total. The number of hydrogen-bond donors (Lipinski definition) is 0. The van der Waals surface area contributed by atoms with Crippen molar-refractivity contribution in [3.05, 3.63) is 0 Å². The molecule has 0 saturated carbocycles. The molecule has 0 heterocycles. The Morgan fingerprint density at radius 2 is 1.42 bits per heavy atom. The molecule has 0 aliphatic carbocycles. The Morgan fingerprint density at radius 1 is 0.947 bits per heavy atom. The van der Waals surface area contributed by atoms with Crippen LogP contribution in [0.25, 0.3) is 0 Å². The van der Waals surface area contributed by atoms with Crippen molar-refractivity contribution in [1.29, 1.82) is 0 Å². The van der Waals surface area contributed by atoms with Crippen LogP contribution in [0.4, 0.5) is 0 Å². The van der Waals surface area contributed by atoms with Crippen LogP contribution in [0.2, 0.25) is 0 Å². The number of rotatable bonds is 7. The number of esters is 2. The molecule has 0 radical (unpaired) electrons. The van der Waals surface area contributed by atoms with Gasteiger partial charge < -0.3 is 9.47 Å². The summed E-state index contributed by atoms with van der Waals surface area (Å²) in [5.74, 6) is -0.580. The van der Waals surface area contributed by atoms with Gasteiger partial charge in [0, 0.05) is 6.92 Å². The van der Waals surface area contributed by atoms with Gasteiger partial charge in [-0.25, -0.2) is 0 Å². The standard InChI is InChI=1S/C14H27NO4/c1-9(2)8-12(15(6)7)14(17)19-11(5)18-13(16)10(3)4/h9-12H,8H2,1-7H3/t11?,12-/m1/s1. The van der Waals surface area contributed by atoms with Gasteiger partial charge in [0.05, 0.1) is 5.92 Å². The van der Waals surface area contributed by atoms with Crippen LogP contribution in [0, 0.1) is 11.8 Å². The van der Waals surface area contributed by atoms with Gasteiger partial charge in [0.2, 0.25) is 6.29 Å². The second-order valence-corrected chi connectivity index (χ2v) is 5.71. The number of nitrogens with zero attached hydrogens (tertiary/aromatic N) is 1. The number of hydrogen-bond acceptors (Lipinski definition) is 5. The van der Waals surface area contributed by atoms with E-state index in [9.17, 15) is 9.59 Å². The number of likely N-dealkylation sites (N-methyl/N-ethyl adjacent to an activating group) is 1. The molecule has 0 amide bonds. The van der Waals surface area contributed by atoms with Crippen LogP contribution in [0.15, 0.2) is 0 Å². The summed E-state index contributed by atoms with van der Waals surface area (Å²) >= 11 is 0. The summed E-state index contributed by atoms with van der Waals surface area (Å²) in [6.45, 7) is 9.12. The van der Waals surface area contributed by atoms with Crippen LogP contribution in [-0.4, -0.2) is 43.3 Å². The van der Waals surface area contributed by atoms with Crippen molar-refractivity contribution in [3.8, 4) is 0 Å². The zero-order valence-corrected chi connectivity index (χ0v) is 13.1. The van der Waals surface area contributed by atoms with Gasteiger partial charge in [0.15, 0.2) is 0 Å². The molecule has 0 N–H and O–H groups in total. The summed E-state index contributed by atoms with van der Waals surface area (Å²) < 4.78 is 10.2. The molecule has 1 unspecified atom stereocenters. The lowest BCUT2D eigenvalue weighted by molar-refractivity contribution is -0.190. The molecule has 0 fully saturated rings. The summed E-state index contributed by atoms with van der Waals surface area (Å²) in [4.78, 5) is 25.2. The molecule has 0 aromatic heterocycles. The van der Waals surface area contributed by atoms with E-state index in [2.05, 4.69) is 0 Å². The lowest BCUT2D eigenvalue weighted by Gasteiger charge is -2.25. The van der Waals surface area contributed by atoms with Crippen LogP contribution in [-0.2, 0) is 19.1 Å². The van der Waals surface area contributed by atoms with E-state index in [0.29, 0.717) is 12.3 Å². The van der Waals surface area contributed by atoms with E-state index in [-0.39, 0.29) is 23.9 Å². The first kappa shape index (κ1) is 17.9. The van der Waals surface area contributed by atoms with Crippen LogP contribution in [0.3, 0.4) is 0 Å². The fourth-order valence-corrected chi connectivity index (χ4v) is 1.53. The highest BCUT2D eigenvalue weighted by atomic mass is 16.7. The van der Waals surface area contributed by atoms with Crippen LogP contribution >= 0.6 is 0 Å². The predicted molar refractivity (Wildman–Crippen MR) is 73.4 cm³/mol. The van der Waals surface area contributed by atoms with E-state index < -0.39 is 6.29 Å². The van der Waals surface area contributed by atoms with Gasteiger partial charge in [-0.1, -0.05) is 27.7 Å². The molecule has 2 atom stereocenters. The van der Waals surface area contributed by atoms with Gasteiger partial charge in [-0.05, 0) is 26.4 Å². The first-order valence-corrected chi connectivity index (χ1v) is 6.72. The van der Waals surface area contributed by atoms with Gasteiger partial charge in [0.1, 0.15) is 6.04 Å². The molecule has 0 spiro atoms. The Morgan fingerprint density at radius 3 is 1.79 bits per heavy atom. The maximum Gasteiger partial charge on any atom is 0.326 e. The van der Waals surface area contributed by atoms with E-state index >= 15 is 0 Å². The lowest BCUT2D eigenvalue weighted by atomic mass is 10.0. The highest BCUT2D eigenvalue weighted by Crippen LogP contribution is 2.12. The fourth-order valence-electron chi connectivity index (χ4n) is 1.53. The molecule has 0 aliphatic heterocycles. The third-order valence-corrected chi connectivity index (χ3v) is 2.63. The summed E-state index contributed by atoms with van der Waals surface area (Å²) in [6, 6.07) is -0.319. The average molecular weight is 273 g/mol. The minimum absolute atomic E-state index is 0.235. The number of carbonyl (C=O) groups excluding carboxylic acids is 2. The molecular formula is C14H27NO4. The molecule has 112 valence electrons. The summed E-state index contributed by atoms with van der Waals surface area (Å²) in [6.07, 6.45) is -0.145. The zero-order valence-electron chi connectivity index (χ0n) is 13.1. The molecule has 0 aromatic carbocycles. The van der Waals surface area contributed by atoms with Crippen LogP contribution in [0.1, 0.15) is 41.0 Å². The quantitative estimate of drug-likeness (QED) is 0.525. The fraction of sp³-hybridized carbons (Fsp3) is 0.857. The molecule has 19 heavy (non-hydrogen) atoms. The molecule has 0 aliphatic rings. The second-order valence-electron chi connectivity index (χ2n) is 5.71. The summed E-state index contributed by atoms with van der Waals surface area (Å²) in [7, 11) is 3.66. The van der Waals surface area contributed by atoms with Crippen molar-refractivity contribution in [2.75, 3.05) is 14.1 Å². The maximum absolute atomic E-state index is 12.0. The van der Waals surface area contributed by atoms with E-state index in [1.807, 2.05) is 32.8 Å². The Labute approximate surface area is 116 Å². The highest BCUT2D eigenvalue weighted by molar-refractivity contribution is 5.76. The molecule has 0 aromatic rings. The Bertz CT molecular complexity index is 300. The molecule has 0 bridgehead atoms. The normalized spacial score (nSPS) is 14.6. The largest absolute Gasteiger partial charge is 0.425 e. The van der Waals surface area contributed by atoms with E-state index in [0.717, 1.165) is 0 Å². The molecule has 0 saturated heterocycles. The topological polar surface area (TPSA) is 55.8 Å². The van der Waals surface area contributed by atoms with Crippen molar-refractivity contribution in [2.45, 2.75) is 53.4 Å². The van der Waals surface area contributed by atoms with Gasteiger partial charge >= 0.3 is 11.9 Å². The smallest absolute Gasteiger partial charge is 0.326 e. The third kappa shape index (κ3) is 7.15. The zero-order chi connectivity index (χ0) is 15.2. The average Bonchev–Trinajstić information content (AvgIpc) is 2.24. The van der Waals surface area contributed by atoms with Gasteiger partial charge in [0.25, 0.3) is 0 Å². The van der Waals surface area contributed by atoms with Crippen molar-refractivity contribution < 1.29 is 19.1 Å². The Balaban J connectivity index is 4.43. The molecule has 0 rings (SSSR count). The van der Waals surface area contributed by atoms with E-state index in [1.165, 1.54) is 0 Å². The Hall–Kier alpha value is -1.10. The Kier molecular flexibility index (Phi) is 7.68. The molecular weight excluding hydrogens is 246 g/mol. The van der Waals surface area contributed by atoms with Crippen LogP contribution in [0.5, 0.6) is 0 Å². The van der Waals surface area contributed by atoms with Gasteiger partial charge in [-0.3, -0.25) is 14.5 Å². The van der Waals surface area contributed by atoms with Crippen molar-refractivity contribution in [1.82, 2.24) is 4.90 Å². The van der Waals surface area contributed by atoms with Gasteiger partial charge in [-0.2, -0.15) is 0 Å². The van der Waals surface area contributed by atoms with Crippen LogP contribution < -0.4 is 0 Å². The highest BCUT2D eigenvalue weighted by Gasteiger charge is 2.26. The van der Waals surface area contributed by atoms with E-state index in [1.54, 1.807) is 20.8 Å². The van der Waals surface area contributed by atoms with Crippen molar-refractivity contribution >= 4 is 11.9 Å². The second kappa shape index (κ2) is 8.15. The van der Waals surface area contributed by atoms with Crippen molar-refractivity contribution in [2.24, 2.45) is 11.8 Å². The molecule has 5 heteroatoms. The van der Waals surface area contributed by atoms with Crippen molar-refractivity contribution in [3.63, 3.8) is 0 Å². The summed E-state index contributed by atoms with van der Waals surface area (Å²) in [5, 5.41) is 0. The number of ether oxygens (including phenoxy) is 2. The lowest BCUT2D eigenvalue weighted by Crippen LogP contribution is -2.40. The van der Waals surface area contributed by atoms with E-state index in [4.69, 9.17) is 9.47 Å². The first-order chi connectivity index (χ1) is 8.65. The SMILES string of the molecule is CC(C)C[C@H](C(=O)OC(C)OC(=O)C(C)C)N(C)C. The third-order valence-electron chi connectivity index (χ3n) is 2.63. The van der Waals surface area contributed by atoms with Gasteiger partial charge in [-0.15, -0.1) is 0 Å². The maximum atomic E-state index is 12.0. The summed E-state index contributed by atoms with van der Waals surface area (Å²) in [5.41, 5.74) is 0. The first-order valence-electron chi connectivity index (χ1n) is 6.72. The minimum atomic E-state index is -0.850. The number of carbonyl (C=O) groups is 2.